The van der Waals surface area contributed by atoms with Crippen LogP contribution in [0, 0.1) is 0 Å². The summed E-state index contributed by atoms with van der Waals surface area (Å²) in [5, 5.41) is 12.8. The Hall–Kier alpha value is -1.55. The quantitative estimate of drug-likeness (QED) is 0.845. The Kier molecular flexibility index (Phi) is 6.05. The van der Waals surface area contributed by atoms with Crippen molar-refractivity contribution in [2.45, 2.75) is 45.1 Å². The molecule has 1 aliphatic rings. The molecule has 116 valence electrons. The number of carbonyl (C=O) groups excluding carboxylic acids is 1. The van der Waals surface area contributed by atoms with Crippen molar-refractivity contribution in [3.05, 3.63) is 29.8 Å². The van der Waals surface area contributed by atoms with E-state index in [-0.39, 0.29) is 11.7 Å². The third-order valence-corrected chi connectivity index (χ3v) is 3.99. The topological polar surface area (TPSA) is 52.6 Å². The van der Waals surface area contributed by atoms with E-state index in [1.807, 2.05) is 17.0 Å². The van der Waals surface area contributed by atoms with Gasteiger partial charge in [0.05, 0.1) is 6.42 Å². The number of rotatable bonds is 6. The molecule has 4 nitrogen and oxygen atoms in total. The first kappa shape index (κ1) is 15.8. The normalized spacial score (nSPS) is 18.4. The number of carbonyl (C=O) groups is 1. The van der Waals surface area contributed by atoms with Gasteiger partial charge >= 0.3 is 0 Å². The van der Waals surface area contributed by atoms with Crippen molar-refractivity contribution in [3.8, 4) is 5.75 Å². The zero-order chi connectivity index (χ0) is 15.1. The molecule has 1 aromatic carbocycles. The average molecular weight is 290 g/mol. The van der Waals surface area contributed by atoms with E-state index in [0.717, 1.165) is 38.0 Å². The lowest BCUT2D eigenvalue weighted by Gasteiger charge is -2.30. The Morgan fingerprint density at radius 3 is 2.71 bits per heavy atom. The van der Waals surface area contributed by atoms with E-state index in [4.69, 9.17) is 0 Å². The minimum absolute atomic E-state index is 0.176. The lowest BCUT2D eigenvalue weighted by atomic mass is 10.0. The number of piperidine rings is 1. The molecule has 2 N–H and O–H groups in total. The molecule has 1 aliphatic heterocycles. The van der Waals surface area contributed by atoms with Gasteiger partial charge in [0.2, 0.25) is 5.91 Å². The fraction of sp³-hybridized carbons (Fsp3) is 0.588. The van der Waals surface area contributed by atoms with Crippen LogP contribution in [0.15, 0.2) is 24.3 Å². The second-order valence-electron chi connectivity index (χ2n) is 5.83. The molecule has 1 aromatic rings. The van der Waals surface area contributed by atoms with Crippen molar-refractivity contribution in [2.24, 2.45) is 0 Å². The highest BCUT2D eigenvalue weighted by atomic mass is 16.3. The van der Waals surface area contributed by atoms with Gasteiger partial charge in [-0.1, -0.05) is 25.5 Å². The molecule has 0 bridgehead atoms. The van der Waals surface area contributed by atoms with Crippen molar-refractivity contribution in [2.75, 3.05) is 19.6 Å². The van der Waals surface area contributed by atoms with E-state index in [2.05, 4.69) is 12.2 Å². The third-order valence-electron chi connectivity index (χ3n) is 3.99. The molecule has 21 heavy (non-hydrogen) atoms. The van der Waals surface area contributed by atoms with Crippen molar-refractivity contribution >= 4 is 5.91 Å². The Balaban J connectivity index is 1.92. The van der Waals surface area contributed by atoms with E-state index in [1.165, 1.54) is 12.8 Å². The first-order valence-corrected chi connectivity index (χ1v) is 7.98. The van der Waals surface area contributed by atoms with Gasteiger partial charge in [-0.25, -0.2) is 0 Å². The number of amides is 1. The number of benzene rings is 1. The van der Waals surface area contributed by atoms with Gasteiger partial charge < -0.3 is 15.3 Å². The maximum Gasteiger partial charge on any atom is 0.227 e. The minimum atomic E-state index is 0.176. The van der Waals surface area contributed by atoms with Crippen LogP contribution in [0.25, 0.3) is 0 Å². The van der Waals surface area contributed by atoms with Crippen LogP contribution in [0.4, 0.5) is 0 Å². The summed E-state index contributed by atoms with van der Waals surface area (Å²) in [5.74, 6) is 0.415. The molecule has 0 spiro atoms. The molecule has 2 rings (SSSR count). The summed E-state index contributed by atoms with van der Waals surface area (Å²) in [7, 11) is 0. The SMILES string of the molecule is CCCN(CC1CCCCN1)C(=O)Cc1ccc(O)cc1. The fourth-order valence-corrected chi connectivity index (χ4v) is 2.83. The number of nitrogens with zero attached hydrogens (tertiary/aromatic N) is 1. The second-order valence-corrected chi connectivity index (χ2v) is 5.83. The predicted molar refractivity (Wildman–Crippen MR) is 84.3 cm³/mol. The molecule has 1 saturated heterocycles. The Morgan fingerprint density at radius 1 is 1.33 bits per heavy atom. The van der Waals surface area contributed by atoms with Crippen LogP contribution >= 0.6 is 0 Å². The summed E-state index contributed by atoms with van der Waals surface area (Å²) < 4.78 is 0. The van der Waals surface area contributed by atoms with Crippen molar-refractivity contribution in [1.29, 1.82) is 0 Å². The highest BCUT2D eigenvalue weighted by molar-refractivity contribution is 5.78. The van der Waals surface area contributed by atoms with Gasteiger partial charge in [-0.05, 0) is 43.5 Å². The highest BCUT2D eigenvalue weighted by Crippen LogP contribution is 2.13. The third kappa shape index (κ3) is 5.05. The zero-order valence-corrected chi connectivity index (χ0v) is 12.8. The van der Waals surface area contributed by atoms with Crippen LogP contribution < -0.4 is 5.32 Å². The lowest BCUT2D eigenvalue weighted by molar-refractivity contribution is -0.131. The average Bonchev–Trinajstić information content (AvgIpc) is 2.50. The first-order chi connectivity index (χ1) is 10.2. The van der Waals surface area contributed by atoms with Crippen molar-refractivity contribution in [1.82, 2.24) is 10.2 Å². The molecule has 1 fully saturated rings. The molecule has 4 heteroatoms. The van der Waals surface area contributed by atoms with E-state index < -0.39 is 0 Å². The summed E-state index contributed by atoms with van der Waals surface area (Å²) in [6.07, 6.45) is 5.04. The molecule has 0 aliphatic carbocycles. The smallest absolute Gasteiger partial charge is 0.227 e. The number of nitrogens with one attached hydrogen (secondary N) is 1. The summed E-state index contributed by atoms with van der Waals surface area (Å²) in [6.45, 7) is 4.80. The first-order valence-electron chi connectivity index (χ1n) is 7.98. The molecule has 1 heterocycles. The predicted octanol–water partition coefficient (Wildman–Crippen LogP) is 2.32. The van der Waals surface area contributed by atoms with E-state index in [0.29, 0.717) is 12.5 Å². The number of phenols is 1. The van der Waals surface area contributed by atoms with Crippen LogP contribution in [0.1, 0.15) is 38.2 Å². The van der Waals surface area contributed by atoms with E-state index in [9.17, 15) is 9.90 Å². The lowest BCUT2D eigenvalue weighted by Crippen LogP contribution is -2.46. The Bertz CT molecular complexity index is 439. The number of hydrogen-bond acceptors (Lipinski definition) is 3. The minimum Gasteiger partial charge on any atom is -0.508 e. The molecule has 1 atom stereocenters. The van der Waals surface area contributed by atoms with Crippen molar-refractivity contribution in [3.63, 3.8) is 0 Å². The maximum absolute atomic E-state index is 12.5. The van der Waals surface area contributed by atoms with Gasteiger partial charge in [0.25, 0.3) is 0 Å². The fourth-order valence-electron chi connectivity index (χ4n) is 2.83. The van der Waals surface area contributed by atoms with Gasteiger partial charge in [0.1, 0.15) is 5.75 Å². The van der Waals surface area contributed by atoms with Crippen LogP contribution in [0.3, 0.4) is 0 Å². The van der Waals surface area contributed by atoms with E-state index >= 15 is 0 Å². The summed E-state index contributed by atoms with van der Waals surface area (Å²) in [5.41, 5.74) is 0.954. The van der Waals surface area contributed by atoms with Gasteiger partial charge in [0.15, 0.2) is 0 Å². The van der Waals surface area contributed by atoms with Gasteiger partial charge in [0, 0.05) is 19.1 Å². The summed E-state index contributed by atoms with van der Waals surface area (Å²) in [4.78, 5) is 14.5. The molecule has 0 saturated carbocycles. The molecular weight excluding hydrogens is 264 g/mol. The van der Waals surface area contributed by atoms with Gasteiger partial charge in [-0.2, -0.15) is 0 Å². The van der Waals surface area contributed by atoms with Gasteiger partial charge in [-0.3, -0.25) is 4.79 Å². The van der Waals surface area contributed by atoms with Crippen LogP contribution in [-0.2, 0) is 11.2 Å². The molecule has 1 unspecified atom stereocenters. The maximum atomic E-state index is 12.5. The number of hydrogen-bond donors (Lipinski definition) is 2. The standard InChI is InChI=1S/C17H26N2O2/c1-2-11-19(13-15-5-3-4-10-18-15)17(21)12-14-6-8-16(20)9-7-14/h6-9,15,18,20H,2-5,10-13H2,1H3. The summed E-state index contributed by atoms with van der Waals surface area (Å²) in [6, 6.07) is 7.34. The second kappa shape index (κ2) is 8.03. The van der Waals surface area contributed by atoms with E-state index in [1.54, 1.807) is 12.1 Å². The van der Waals surface area contributed by atoms with Crippen LogP contribution in [0.5, 0.6) is 5.75 Å². The van der Waals surface area contributed by atoms with Crippen LogP contribution in [0.2, 0.25) is 0 Å². The monoisotopic (exact) mass is 290 g/mol. The summed E-state index contributed by atoms with van der Waals surface area (Å²) >= 11 is 0. The van der Waals surface area contributed by atoms with Gasteiger partial charge in [-0.15, -0.1) is 0 Å². The van der Waals surface area contributed by atoms with Crippen molar-refractivity contribution < 1.29 is 9.90 Å². The number of phenolic OH excluding ortho intramolecular Hbond substituents is 1. The molecule has 0 aromatic heterocycles. The molecule has 0 radical (unpaired) electrons. The zero-order valence-electron chi connectivity index (χ0n) is 12.8. The highest BCUT2D eigenvalue weighted by Gasteiger charge is 2.20. The Morgan fingerprint density at radius 2 is 2.10 bits per heavy atom. The Labute approximate surface area is 127 Å². The number of aromatic hydroxyl groups is 1. The molecule has 1 amide bonds. The van der Waals surface area contributed by atoms with Crippen LogP contribution in [-0.4, -0.2) is 41.6 Å². The largest absolute Gasteiger partial charge is 0.508 e. The molecular formula is C17H26N2O2.